The maximum Gasteiger partial charge on any atom is 0.307 e. The van der Waals surface area contributed by atoms with Crippen molar-refractivity contribution in [1.82, 2.24) is 5.32 Å². The third-order valence-corrected chi connectivity index (χ3v) is 2.97. The molecule has 1 aromatic rings. The van der Waals surface area contributed by atoms with Crippen molar-refractivity contribution in [3.05, 3.63) is 39.4 Å². The maximum atomic E-state index is 13.6. The van der Waals surface area contributed by atoms with E-state index in [0.29, 0.717) is 24.6 Å². The molecule has 1 N–H and O–H groups in total. The van der Waals surface area contributed by atoms with E-state index in [1.54, 1.807) is 0 Å². The first kappa shape index (κ1) is 17.0. The number of amides is 1. The van der Waals surface area contributed by atoms with Gasteiger partial charge in [-0.3, -0.25) is 14.9 Å². The molecule has 0 heterocycles. The van der Waals surface area contributed by atoms with Crippen LogP contribution in [-0.4, -0.2) is 17.4 Å². The zero-order valence-electron chi connectivity index (χ0n) is 12.0. The van der Waals surface area contributed by atoms with Gasteiger partial charge in [-0.15, -0.1) is 0 Å². The average Bonchev–Trinajstić information content (AvgIpc) is 2.39. The van der Waals surface area contributed by atoms with E-state index >= 15 is 0 Å². The summed E-state index contributed by atoms with van der Waals surface area (Å²) in [5.41, 5.74) is -1.51. The predicted molar refractivity (Wildman–Crippen MR) is 74.0 cm³/mol. The molecule has 0 aliphatic carbocycles. The molecule has 0 bridgehead atoms. The average molecular weight is 300 g/mol. The molecule has 0 fully saturated rings. The first-order chi connectivity index (χ1) is 9.82. The highest BCUT2D eigenvalue weighted by Crippen LogP contribution is 2.21. The lowest BCUT2D eigenvalue weighted by molar-refractivity contribution is -0.387. The van der Waals surface area contributed by atoms with Gasteiger partial charge in [-0.25, -0.2) is 4.39 Å². The van der Waals surface area contributed by atoms with Gasteiger partial charge >= 0.3 is 5.69 Å². The number of hydrogen-bond donors (Lipinski definition) is 1. The van der Waals surface area contributed by atoms with E-state index in [1.807, 2.05) is 0 Å². The molecule has 0 radical (unpaired) electrons. The Morgan fingerprint density at radius 1 is 1.29 bits per heavy atom. The maximum absolute atomic E-state index is 13.6. The fourth-order valence-corrected chi connectivity index (χ4v) is 1.82. The molecule has 0 saturated carbocycles. The Morgan fingerprint density at radius 3 is 2.52 bits per heavy atom. The van der Waals surface area contributed by atoms with Crippen LogP contribution in [0.4, 0.5) is 14.5 Å². The smallest absolute Gasteiger partial charge is 0.307 e. The van der Waals surface area contributed by atoms with Gasteiger partial charge in [0.1, 0.15) is 5.82 Å². The largest absolute Gasteiger partial charge is 0.352 e. The summed E-state index contributed by atoms with van der Waals surface area (Å²) < 4.78 is 27.0. The summed E-state index contributed by atoms with van der Waals surface area (Å²) in [6.07, 6.45) is 2.69. The summed E-state index contributed by atoms with van der Waals surface area (Å²) in [5.74, 6) is -2.54. The molecule has 1 amide bonds. The van der Waals surface area contributed by atoms with Gasteiger partial charge in [0.25, 0.3) is 5.91 Å². The number of carbonyl (C=O) groups excluding carboxylic acids is 1. The number of benzene rings is 1. The second-order valence-electron chi connectivity index (χ2n) is 5.19. The van der Waals surface area contributed by atoms with Crippen molar-refractivity contribution in [1.29, 1.82) is 0 Å². The second-order valence-corrected chi connectivity index (χ2v) is 5.19. The Bertz CT molecular complexity index is 533. The molecule has 0 aliphatic heterocycles. The van der Waals surface area contributed by atoms with Gasteiger partial charge in [-0.05, 0) is 18.4 Å². The Kier molecular flexibility index (Phi) is 6.20. The van der Waals surface area contributed by atoms with Crippen molar-refractivity contribution in [2.45, 2.75) is 33.1 Å². The number of carbonyl (C=O) groups is 1. The van der Waals surface area contributed by atoms with Crippen molar-refractivity contribution in [2.24, 2.45) is 5.92 Å². The van der Waals surface area contributed by atoms with Crippen molar-refractivity contribution < 1.29 is 18.5 Å². The van der Waals surface area contributed by atoms with Crippen LogP contribution in [0.3, 0.4) is 0 Å². The summed E-state index contributed by atoms with van der Waals surface area (Å²) in [4.78, 5) is 21.1. The van der Waals surface area contributed by atoms with E-state index in [-0.39, 0.29) is 0 Å². The molecule has 1 aromatic carbocycles. The zero-order chi connectivity index (χ0) is 16.0. The van der Waals surface area contributed by atoms with Crippen LogP contribution in [0.1, 0.15) is 43.5 Å². The van der Waals surface area contributed by atoms with Gasteiger partial charge in [0.05, 0.1) is 16.6 Å². The molecule has 5 nitrogen and oxygen atoms in total. The number of halogens is 2. The van der Waals surface area contributed by atoms with Crippen LogP contribution in [0.5, 0.6) is 0 Å². The summed E-state index contributed by atoms with van der Waals surface area (Å²) >= 11 is 0. The molecular weight excluding hydrogens is 282 g/mol. The predicted octanol–water partition coefficient (Wildman–Crippen LogP) is 3.43. The fourth-order valence-electron chi connectivity index (χ4n) is 1.82. The lowest BCUT2D eigenvalue weighted by Gasteiger charge is -2.07. The third-order valence-electron chi connectivity index (χ3n) is 2.97. The molecule has 0 spiro atoms. The molecule has 0 aromatic heterocycles. The van der Waals surface area contributed by atoms with Gasteiger partial charge in [-0.2, -0.15) is 4.39 Å². The molecule has 0 aliphatic rings. The van der Waals surface area contributed by atoms with Crippen molar-refractivity contribution in [3.63, 3.8) is 0 Å². The molecule has 7 heteroatoms. The molecule has 0 unspecified atom stereocenters. The molecule has 0 saturated heterocycles. The standard InChI is InChI=1S/C14H18F2N2O3/c1-9(2)5-3-4-6-17-14(19)10-7-12(16)13(18(20)21)8-11(10)15/h7-9H,3-6H2,1-2H3,(H,17,19). The van der Waals surface area contributed by atoms with Crippen molar-refractivity contribution >= 4 is 11.6 Å². The minimum absolute atomic E-state index is 0.351. The van der Waals surface area contributed by atoms with Crippen LogP contribution in [0.15, 0.2) is 12.1 Å². The zero-order valence-corrected chi connectivity index (χ0v) is 12.0. The number of hydrogen-bond acceptors (Lipinski definition) is 3. The topological polar surface area (TPSA) is 72.2 Å². The van der Waals surface area contributed by atoms with E-state index in [9.17, 15) is 23.7 Å². The van der Waals surface area contributed by atoms with E-state index in [2.05, 4.69) is 19.2 Å². The Hall–Kier alpha value is -2.05. The van der Waals surface area contributed by atoms with E-state index in [4.69, 9.17) is 0 Å². The van der Waals surface area contributed by atoms with Crippen LogP contribution in [0.25, 0.3) is 0 Å². The highest BCUT2D eigenvalue weighted by Gasteiger charge is 2.21. The number of rotatable bonds is 7. The van der Waals surface area contributed by atoms with Crippen LogP contribution in [0.2, 0.25) is 0 Å². The number of nitrogens with zero attached hydrogens (tertiary/aromatic N) is 1. The number of nitrogens with one attached hydrogen (secondary N) is 1. The van der Waals surface area contributed by atoms with Gasteiger partial charge in [0, 0.05) is 6.54 Å². The quantitative estimate of drug-likeness (QED) is 0.476. The van der Waals surface area contributed by atoms with Crippen molar-refractivity contribution in [2.75, 3.05) is 6.54 Å². The highest BCUT2D eigenvalue weighted by atomic mass is 19.1. The monoisotopic (exact) mass is 300 g/mol. The first-order valence-corrected chi connectivity index (χ1v) is 6.74. The third kappa shape index (κ3) is 5.09. The molecule has 116 valence electrons. The molecule has 0 atom stereocenters. The van der Waals surface area contributed by atoms with Gasteiger partial charge < -0.3 is 5.32 Å². The molecule has 21 heavy (non-hydrogen) atoms. The summed E-state index contributed by atoms with van der Waals surface area (Å²) in [6.45, 7) is 4.53. The van der Waals surface area contributed by atoms with E-state index in [0.717, 1.165) is 19.3 Å². The summed E-state index contributed by atoms with van der Waals surface area (Å²) in [5, 5.41) is 12.9. The Labute approximate surface area is 121 Å². The van der Waals surface area contributed by atoms with Crippen LogP contribution < -0.4 is 5.32 Å². The van der Waals surface area contributed by atoms with E-state index < -0.39 is 33.7 Å². The minimum Gasteiger partial charge on any atom is -0.352 e. The Morgan fingerprint density at radius 2 is 1.95 bits per heavy atom. The number of nitro groups is 1. The lowest BCUT2D eigenvalue weighted by atomic mass is 10.1. The SMILES string of the molecule is CC(C)CCCCNC(=O)c1cc(F)c([N+](=O)[O-])cc1F. The van der Waals surface area contributed by atoms with Gasteiger partial charge in [-0.1, -0.05) is 26.7 Å². The van der Waals surface area contributed by atoms with Crippen LogP contribution in [0, 0.1) is 27.7 Å². The van der Waals surface area contributed by atoms with E-state index in [1.165, 1.54) is 0 Å². The normalized spacial score (nSPS) is 10.7. The number of nitro benzene ring substituents is 1. The van der Waals surface area contributed by atoms with Crippen molar-refractivity contribution in [3.8, 4) is 0 Å². The highest BCUT2D eigenvalue weighted by molar-refractivity contribution is 5.94. The summed E-state index contributed by atoms with van der Waals surface area (Å²) in [7, 11) is 0. The fraction of sp³-hybridized carbons (Fsp3) is 0.500. The van der Waals surface area contributed by atoms with Gasteiger partial charge in [0.15, 0.2) is 0 Å². The van der Waals surface area contributed by atoms with Gasteiger partial charge in [0.2, 0.25) is 5.82 Å². The van der Waals surface area contributed by atoms with Crippen LogP contribution >= 0.6 is 0 Å². The minimum atomic E-state index is -1.23. The van der Waals surface area contributed by atoms with Crippen LogP contribution in [-0.2, 0) is 0 Å². The Balaban J connectivity index is 2.62. The number of unbranched alkanes of at least 4 members (excludes halogenated alkanes) is 1. The first-order valence-electron chi connectivity index (χ1n) is 6.74. The lowest BCUT2D eigenvalue weighted by Crippen LogP contribution is -2.25. The summed E-state index contributed by atoms with van der Waals surface area (Å²) in [6, 6.07) is 0.972. The molecular formula is C14H18F2N2O3. The second kappa shape index (κ2) is 7.66. The molecule has 1 rings (SSSR count).